The average molecular weight is 486 g/mol. The zero-order valence-electron chi connectivity index (χ0n) is 16.3. The summed E-state index contributed by atoms with van der Waals surface area (Å²) in [5, 5.41) is 13.6. The summed E-state index contributed by atoms with van der Waals surface area (Å²) in [6.07, 6.45) is 4.44. The number of hydrogen-bond donors (Lipinski definition) is 4. The summed E-state index contributed by atoms with van der Waals surface area (Å²) in [7, 11) is 0. The van der Waals surface area contributed by atoms with Crippen LogP contribution in [-0.2, 0) is 14.4 Å². The number of aromatic nitrogens is 2. The number of primary amides is 1. The van der Waals surface area contributed by atoms with Gasteiger partial charge >= 0.3 is 0 Å². The van der Waals surface area contributed by atoms with Crippen molar-refractivity contribution in [1.82, 2.24) is 14.9 Å². The highest BCUT2D eigenvalue weighted by atomic mass is 79.9. The van der Waals surface area contributed by atoms with Gasteiger partial charge in [0, 0.05) is 17.3 Å². The average Bonchev–Trinajstić information content (AvgIpc) is 3.41. The molecule has 160 valence electrons. The molecule has 3 amide bonds. The van der Waals surface area contributed by atoms with Gasteiger partial charge in [0.25, 0.3) is 5.91 Å². The van der Waals surface area contributed by atoms with Gasteiger partial charge in [0.15, 0.2) is 5.82 Å². The molecule has 2 aliphatic rings. The molecule has 0 spiro atoms. The Morgan fingerprint density at radius 2 is 2.00 bits per heavy atom. The number of halogens is 1. The minimum atomic E-state index is -0.853. The second-order valence-corrected chi connectivity index (χ2v) is 8.28. The lowest BCUT2D eigenvalue weighted by atomic mass is 10.1. The van der Waals surface area contributed by atoms with Crippen molar-refractivity contribution < 1.29 is 14.4 Å². The van der Waals surface area contributed by atoms with Gasteiger partial charge in [0.05, 0.1) is 18.9 Å². The summed E-state index contributed by atoms with van der Waals surface area (Å²) in [6, 6.07) is 6.13. The number of nitrogens with zero attached hydrogens (tertiary/aromatic N) is 3. The smallest absolute Gasteiger partial charge is 0.267 e. The summed E-state index contributed by atoms with van der Waals surface area (Å²) in [6.45, 7) is -0.0766. The Morgan fingerprint density at radius 3 is 2.74 bits per heavy atom. The van der Waals surface area contributed by atoms with Crippen LogP contribution in [0.1, 0.15) is 18.4 Å². The van der Waals surface area contributed by atoms with Crippen molar-refractivity contribution in [2.24, 2.45) is 11.7 Å². The van der Waals surface area contributed by atoms with E-state index >= 15 is 0 Å². The number of fused-ring (bicyclic) bond motifs is 1. The molecule has 2 heterocycles. The fraction of sp³-hybridized carbons (Fsp3) is 0.300. The minimum Gasteiger partial charge on any atom is -0.376 e. The van der Waals surface area contributed by atoms with E-state index in [1.54, 1.807) is 29.2 Å². The van der Waals surface area contributed by atoms with Crippen molar-refractivity contribution >= 4 is 50.9 Å². The fourth-order valence-corrected chi connectivity index (χ4v) is 4.22. The molecule has 11 heteroatoms. The van der Waals surface area contributed by atoms with Crippen molar-refractivity contribution in [3.63, 3.8) is 0 Å². The highest BCUT2D eigenvalue weighted by Crippen LogP contribution is 2.48. The summed E-state index contributed by atoms with van der Waals surface area (Å²) in [5.41, 5.74) is 5.65. The number of amides is 3. The zero-order chi connectivity index (χ0) is 22.1. The van der Waals surface area contributed by atoms with E-state index in [1.807, 2.05) is 0 Å². The first-order valence-corrected chi connectivity index (χ1v) is 10.5. The Morgan fingerprint density at radius 1 is 1.23 bits per heavy atom. The molecule has 3 atom stereocenters. The van der Waals surface area contributed by atoms with Gasteiger partial charge in [-0.1, -0.05) is 18.2 Å². The van der Waals surface area contributed by atoms with E-state index < -0.39 is 11.9 Å². The van der Waals surface area contributed by atoms with E-state index in [1.165, 1.54) is 12.4 Å². The number of carbonyl (C=O) groups is 3. The molecule has 1 saturated carbocycles. The van der Waals surface area contributed by atoms with Crippen LogP contribution >= 0.6 is 15.9 Å². The molecule has 31 heavy (non-hydrogen) atoms. The Bertz CT molecular complexity index is 1080. The predicted octanol–water partition coefficient (Wildman–Crippen LogP) is 1.13. The first-order chi connectivity index (χ1) is 14.8. The number of likely N-dealkylation sites (tertiary alicyclic amines) is 1. The molecule has 1 aliphatic carbocycles. The quantitative estimate of drug-likeness (QED) is 0.431. The predicted molar refractivity (Wildman–Crippen MR) is 116 cm³/mol. The number of carbonyl (C=O) groups excluding carboxylic acids is 3. The van der Waals surface area contributed by atoms with Gasteiger partial charge in [-0.05, 0) is 40.8 Å². The van der Waals surface area contributed by atoms with E-state index in [-0.39, 0.29) is 30.1 Å². The van der Waals surface area contributed by atoms with Crippen molar-refractivity contribution in [1.29, 1.82) is 5.41 Å². The SMILES string of the molecule is N=C(C(N)=O)c1ccccc1NCC(=O)N1[C@@H]2C[C@@H]2C[C@H]1C(=O)Nc1cncc(Br)n1. The van der Waals surface area contributed by atoms with Crippen LogP contribution in [0.3, 0.4) is 0 Å². The van der Waals surface area contributed by atoms with Crippen LogP contribution in [-0.4, -0.2) is 56.9 Å². The second-order valence-electron chi connectivity index (χ2n) is 7.47. The minimum absolute atomic E-state index is 0.0535. The molecule has 0 bridgehead atoms. The molecule has 10 nitrogen and oxygen atoms in total. The Labute approximate surface area is 186 Å². The summed E-state index contributed by atoms with van der Waals surface area (Å²) in [5.74, 6) is -0.754. The topological polar surface area (TPSA) is 154 Å². The molecule has 1 aliphatic heterocycles. The van der Waals surface area contributed by atoms with Gasteiger partial charge in [-0.3, -0.25) is 24.8 Å². The molecule has 0 radical (unpaired) electrons. The van der Waals surface area contributed by atoms with Gasteiger partial charge < -0.3 is 21.3 Å². The summed E-state index contributed by atoms with van der Waals surface area (Å²) >= 11 is 3.21. The lowest BCUT2D eigenvalue weighted by Crippen LogP contribution is -2.47. The number of nitrogens with two attached hydrogens (primary N) is 1. The van der Waals surface area contributed by atoms with Crippen molar-refractivity contribution in [2.45, 2.75) is 24.9 Å². The highest BCUT2D eigenvalue weighted by Gasteiger charge is 2.55. The number of para-hydroxylation sites is 1. The van der Waals surface area contributed by atoms with Gasteiger partial charge in [-0.25, -0.2) is 4.98 Å². The summed E-state index contributed by atoms with van der Waals surface area (Å²) in [4.78, 5) is 46.9. The highest BCUT2D eigenvalue weighted by molar-refractivity contribution is 9.10. The lowest BCUT2D eigenvalue weighted by molar-refractivity contribution is -0.136. The van der Waals surface area contributed by atoms with Crippen molar-refractivity contribution in [3.05, 3.63) is 46.8 Å². The number of anilines is 2. The van der Waals surface area contributed by atoms with Gasteiger partial charge in [0.2, 0.25) is 11.8 Å². The van der Waals surface area contributed by atoms with Crippen molar-refractivity contribution in [3.8, 4) is 0 Å². The fourth-order valence-electron chi connectivity index (χ4n) is 3.91. The Hall–Kier alpha value is -3.34. The van der Waals surface area contributed by atoms with E-state index in [2.05, 4.69) is 36.5 Å². The Balaban J connectivity index is 1.44. The zero-order valence-corrected chi connectivity index (χ0v) is 17.9. The number of benzene rings is 1. The Kier molecular flexibility index (Phi) is 5.68. The maximum absolute atomic E-state index is 13.0. The number of hydrogen-bond acceptors (Lipinski definition) is 7. The van der Waals surface area contributed by atoms with E-state index in [4.69, 9.17) is 11.1 Å². The van der Waals surface area contributed by atoms with E-state index in [0.29, 0.717) is 34.0 Å². The van der Waals surface area contributed by atoms with Gasteiger partial charge in [-0.15, -0.1) is 0 Å². The van der Waals surface area contributed by atoms with Crippen LogP contribution < -0.4 is 16.4 Å². The standard InChI is InChI=1S/C20H20BrN7O3/c21-15-7-24-8-16(26-15)27-20(31)14-6-10-5-13(10)28(14)17(29)9-25-12-4-2-1-3-11(12)18(22)19(23)30/h1-4,7-8,10,13-14,22,25H,5-6,9H2,(H2,23,30)(H,26,27,31)/t10-,13-,14+/m1/s1. The maximum Gasteiger partial charge on any atom is 0.267 e. The molecule has 4 rings (SSSR count). The van der Waals surface area contributed by atoms with Crippen LogP contribution in [0.4, 0.5) is 11.5 Å². The van der Waals surface area contributed by atoms with E-state index in [0.717, 1.165) is 6.42 Å². The first-order valence-electron chi connectivity index (χ1n) is 9.66. The molecular formula is C20H20BrN7O3. The number of piperidine rings is 1. The van der Waals surface area contributed by atoms with Crippen LogP contribution in [0.25, 0.3) is 0 Å². The third-order valence-corrected chi connectivity index (χ3v) is 5.81. The van der Waals surface area contributed by atoms with Gasteiger partial charge in [0.1, 0.15) is 16.4 Å². The van der Waals surface area contributed by atoms with Crippen LogP contribution in [0.15, 0.2) is 41.3 Å². The van der Waals surface area contributed by atoms with Gasteiger partial charge in [-0.2, -0.15) is 0 Å². The third kappa shape index (κ3) is 4.41. The lowest BCUT2D eigenvalue weighted by Gasteiger charge is -2.27. The van der Waals surface area contributed by atoms with Crippen LogP contribution in [0.5, 0.6) is 0 Å². The van der Waals surface area contributed by atoms with Crippen LogP contribution in [0, 0.1) is 11.3 Å². The number of nitrogens with one attached hydrogen (secondary N) is 3. The molecule has 1 aromatic heterocycles. The molecule has 2 aromatic rings. The van der Waals surface area contributed by atoms with Crippen molar-refractivity contribution in [2.75, 3.05) is 17.2 Å². The first kappa shape index (κ1) is 20.9. The molecule has 1 saturated heterocycles. The maximum atomic E-state index is 13.0. The number of rotatable bonds is 7. The van der Waals surface area contributed by atoms with Crippen LogP contribution in [0.2, 0.25) is 0 Å². The molecular weight excluding hydrogens is 466 g/mol. The molecule has 2 fully saturated rings. The third-order valence-electron chi connectivity index (χ3n) is 5.42. The largest absolute Gasteiger partial charge is 0.376 e. The molecule has 5 N–H and O–H groups in total. The normalized spacial score (nSPS) is 21.2. The van der Waals surface area contributed by atoms with E-state index in [9.17, 15) is 14.4 Å². The molecule has 1 aromatic carbocycles. The monoisotopic (exact) mass is 485 g/mol. The second kappa shape index (κ2) is 8.42. The summed E-state index contributed by atoms with van der Waals surface area (Å²) < 4.78 is 0.497. The molecule has 0 unspecified atom stereocenters.